The summed E-state index contributed by atoms with van der Waals surface area (Å²) < 4.78 is 19.6. The molecule has 0 spiro atoms. The summed E-state index contributed by atoms with van der Waals surface area (Å²) in [6.07, 6.45) is 2.81. The number of hydrogen-bond donors (Lipinski definition) is 1. The Morgan fingerprint density at radius 3 is 2.84 bits per heavy atom. The predicted octanol–water partition coefficient (Wildman–Crippen LogP) is 3.76. The minimum atomic E-state index is -0.903. The van der Waals surface area contributed by atoms with Crippen molar-refractivity contribution in [3.8, 4) is 0 Å². The first-order valence-corrected chi connectivity index (χ1v) is 6.98. The van der Waals surface area contributed by atoms with Gasteiger partial charge in [-0.15, -0.1) is 0 Å². The van der Waals surface area contributed by atoms with Crippen LogP contribution >= 0.6 is 0 Å². The summed E-state index contributed by atoms with van der Waals surface area (Å²) in [5.41, 5.74) is 0.660. The van der Waals surface area contributed by atoms with Crippen LogP contribution in [0.2, 0.25) is 0 Å². The van der Waals surface area contributed by atoms with E-state index in [9.17, 15) is 9.50 Å². The second kappa shape index (κ2) is 5.59. The average molecular weight is 266 g/mol. The molecule has 0 bridgehead atoms. The summed E-state index contributed by atoms with van der Waals surface area (Å²) in [4.78, 5) is 0. The lowest BCUT2D eigenvalue weighted by Gasteiger charge is -2.42. The van der Waals surface area contributed by atoms with Crippen LogP contribution in [0.4, 0.5) is 4.39 Å². The maximum atomic E-state index is 14.0. The van der Waals surface area contributed by atoms with E-state index in [4.69, 9.17) is 4.74 Å². The molecule has 1 N–H and O–H groups in total. The summed E-state index contributed by atoms with van der Waals surface area (Å²) >= 11 is 0. The van der Waals surface area contributed by atoms with Gasteiger partial charge in [-0.05, 0) is 31.7 Å². The molecule has 3 heteroatoms. The first-order valence-electron chi connectivity index (χ1n) is 6.98. The summed E-state index contributed by atoms with van der Waals surface area (Å²) in [5.74, 6) is 0.143. The van der Waals surface area contributed by atoms with E-state index in [1.165, 1.54) is 6.07 Å². The third-order valence-corrected chi connectivity index (χ3v) is 4.34. The Bertz CT molecular complexity index is 446. The van der Waals surface area contributed by atoms with E-state index in [0.29, 0.717) is 11.5 Å². The Balaban J connectivity index is 2.34. The van der Waals surface area contributed by atoms with Gasteiger partial charge < -0.3 is 9.84 Å². The van der Waals surface area contributed by atoms with Crippen molar-refractivity contribution in [1.29, 1.82) is 0 Å². The summed E-state index contributed by atoms with van der Waals surface area (Å²) in [6.45, 7) is 4.06. The van der Waals surface area contributed by atoms with E-state index in [0.717, 1.165) is 31.2 Å². The molecular weight excluding hydrogens is 243 g/mol. The number of aliphatic hydroxyl groups excluding tert-OH is 1. The third kappa shape index (κ3) is 2.82. The minimum absolute atomic E-state index is 0.354. The zero-order chi connectivity index (χ0) is 14.0. The van der Waals surface area contributed by atoms with E-state index >= 15 is 0 Å². The molecule has 106 valence electrons. The Hall–Kier alpha value is -0.930. The molecule has 1 aliphatic carbocycles. The minimum Gasteiger partial charge on any atom is -0.385 e. The lowest BCUT2D eigenvalue weighted by Crippen LogP contribution is -2.43. The van der Waals surface area contributed by atoms with Crippen molar-refractivity contribution in [2.24, 2.45) is 5.92 Å². The molecule has 3 unspecified atom stereocenters. The van der Waals surface area contributed by atoms with Gasteiger partial charge in [-0.25, -0.2) is 4.39 Å². The average Bonchev–Trinajstić information content (AvgIpc) is 2.40. The number of aryl methyl sites for hydroxylation is 1. The number of benzene rings is 1. The molecule has 0 amide bonds. The summed E-state index contributed by atoms with van der Waals surface area (Å²) in [7, 11) is 1.62. The highest BCUT2D eigenvalue weighted by Gasteiger charge is 2.43. The lowest BCUT2D eigenvalue weighted by molar-refractivity contribution is -0.135. The quantitative estimate of drug-likeness (QED) is 0.902. The van der Waals surface area contributed by atoms with Crippen LogP contribution in [0.25, 0.3) is 0 Å². The van der Waals surface area contributed by atoms with Gasteiger partial charge in [0.25, 0.3) is 0 Å². The zero-order valence-corrected chi connectivity index (χ0v) is 11.9. The third-order valence-electron chi connectivity index (χ3n) is 4.34. The van der Waals surface area contributed by atoms with E-state index in [2.05, 4.69) is 6.92 Å². The molecule has 1 saturated carbocycles. The van der Waals surface area contributed by atoms with Crippen molar-refractivity contribution in [1.82, 2.24) is 0 Å². The van der Waals surface area contributed by atoms with Crippen molar-refractivity contribution < 1.29 is 14.2 Å². The Morgan fingerprint density at radius 1 is 1.47 bits per heavy atom. The van der Waals surface area contributed by atoms with E-state index in [-0.39, 0.29) is 5.82 Å². The molecule has 1 aromatic carbocycles. The van der Waals surface area contributed by atoms with Gasteiger partial charge in [-0.3, -0.25) is 0 Å². The normalized spacial score (nSPS) is 29.2. The fraction of sp³-hybridized carbons (Fsp3) is 0.625. The van der Waals surface area contributed by atoms with E-state index < -0.39 is 11.7 Å². The van der Waals surface area contributed by atoms with Crippen LogP contribution in [-0.2, 0) is 4.74 Å². The first-order chi connectivity index (χ1) is 8.98. The molecule has 1 fully saturated rings. The topological polar surface area (TPSA) is 29.5 Å². The van der Waals surface area contributed by atoms with Gasteiger partial charge in [0, 0.05) is 12.7 Å². The molecule has 0 heterocycles. The number of halogens is 1. The molecule has 1 aromatic rings. The molecule has 0 aliphatic heterocycles. The second-order valence-corrected chi connectivity index (χ2v) is 5.90. The SMILES string of the molecule is COC1(C(O)c2cc(C)ccc2F)CCCC(C)C1. The smallest absolute Gasteiger partial charge is 0.129 e. The maximum absolute atomic E-state index is 14.0. The Morgan fingerprint density at radius 2 is 2.21 bits per heavy atom. The predicted molar refractivity (Wildman–Crippen MR) is 73.5 cm³/mol. The molecule has 19 heavy (non-hydrogen) atoms. The number of aliphatic hydroxyl groups is 1. The van der Waals surface area contributed by atoms with Crippen molar-refractivity contribution in [3.05, 3.63) is 35.1 Å². The highest BCUT2D eigenvalue weighted by molar-refractivity contribution is 5.28. The maximum Gasteiger partial charge on any atom is 0.129 e. The standard InChI is InChI=1S/C16H23FO2/c1-11-6-7-14(17)13(9-11)15(18)16(19-3)8-4-5-12(2)10-16/h6-7,9,12,15,18H,4-5,8,10H2,1-3H3. The van der Waals surface area contributed by atoms with Crippen LogP contribution < -0.4 is 0 Å². The Labute approximate surface area is 114 Å². The Kier molecular flexibility index (Phi) is 4.26. The number of rotatable bonds is 3. The first kappa shape index (κ1) is 14.5. The number of methoxy groups -OCH3 is 1. The van der Waals surface area contributed by atoms with Crippen LogP contribution in [0.3, 0.4) is 0 Å². The molecule has 2 rings (SSSR count). The largest absolute Gasteiger partial charge is 0.385 e. The summed E-state index contributed by atoms with van der Waals surface area (Å²) in [5, 5.41) is 10.7. The van der Waals surface area contributed by atoms with Crippen LogP contribution in [-0.4, -0.2) is 17.8 Å². The summed E-state index contributed by atoms with van der Waals surface area (Å²) in [6, 6.07) is 4.86. The number of ether oxygens (including phenoxy) is 1. The van der Waals surface area contributed by atoms with Gasteiger partial charge in [0.1, 0.15) is 11.9 Å². The highest BCUT2D eigenvalue weighted by Crippen LogP contribution is 2.43. The fourth-order valence-corrected chi connectivity index (χ4v) is 3.25. The fourth-order valence-electron chi connectivity index (χ4n) is 3.25. The van der Waals surface area contributed by atoms with Crippen molar-refractivity contribution >= 4 is 0 Å². The molecule has 0 aromatic heterocycles. The van der Waals surface area contributed by atoms with Gasteiger partial charge in [0.2, 0.25) is 0 Å². The van der Waals surface area contributed by atoms with Crippen LogP contribution in [0.15, 0.2) is 18.2 Å². The molecule has 0 radical (unpaired) electrons. The van der Waals surface area contributed by atoms with Gasteiger partial charge >= 0.3 is 0 Å². The van der Waals surface area contributed by atoms with Crippen LogP contribution in [0.5, 0.6) is 0 Å². The molecule has 0 saturated heterocycles. The zero-order valence-electron chi connectivity index (χ0n) is 11.9. The molecular formula is C16H23FO2. The van der Waals surface area contributed by atoms with Crippen molar-refractivity contribution in [2.75, 3.05) is 7.11 Å². The van der Waals surface area contributed by atoms with Gasteiger partial charge in [-0.2, -0.15) is 0 Å². The highest BCUT2D eigenvalue weighted by atomic mass is 19.1. The van der Waals surface area contributed by atoms with E-state index in [1.54, 1.807) is 19.2 Å². The second-order valence-electron chi connectivity index (χ2n) is 5.90. The van der Waals surface area contributed by atoms with Crippen LogP contribution in [0, 0.1) is 18.7 Å². The van der Waals surface area contributed by atoms with Crippen molar-refractivity contribution in [3.63, 3.8) is 0 Å². The molecule has 2 nitrogen and oxygen atoms in total. The van der Waals surface area contributed by atoms with Gasteiger partial charge in [0.15, 0.2) is 0 Å². The monoisotopic (exact) mass is 266 g/mol. The number of hydrogen-bond acceptors (Lipinski definition) is 2. The van der Waals surface area contributed by atoms with Gasteiger partial charge in [-0.1, -0.05) is 37.5 Å². The van der Waals surface area contributed by atoms with Gasteiger partial charge in [0.05, 0.1) is 5.60 Å². The van der Waals surface area contributed by atoms with Crippen molar-refractivity contribution in [2.45, 2.75) is 51.2 Å². The lowest BCUT2D eigenvalue weighted by atomic mass is 9.74. The van der Waals surface area contributed by atoms with E-state index in [1.807, 2.05) is 6.92 Å². The molecule has 1 aliphatic rings. The molecule has 3 atom stereocenters. The van der Waals surface area contributed by atoms with Crippen LogP contribution in [0.1, 0.15) is 49.8 Å².